The summed E-state index contributed by atoms with van der Waals surface area (Å²) in [5, 5.41) is 42.2. The van der Waals surface area contributed by atoms with Crippen LogP contribution < -0.4 is 0 Å². The van der Waals surface area contributed by atoms with Crippen molar-refractivity contribution in [2.45, 2.75) is 6.18 Å². The average molecular weight is 882 g/mol. The van der Waals surface area contributed by atoms with Gasteiger partial charge in [0.25, 0.3) is 0 Å². The first kappa shape index (κ1) is 41.0. The summed E-state index contributed by atoms with van der Waals surface area (Å²) in [7, 11) is 0. The Balaban J connectivity index is 1.28. The molecular weight excluding hydrogens is 852 g/mol. The Morgan fingerprint density at radius 1 is 0.353 bits per heavy atom. The van der Waals surface area contributed by atoms with Gasteiger partial charge in [-0.25, -0.2) is 4.98 Å². The van der Waals surface area contributed by atoms with E-state index >= 15 is 13.2 Å². The summed E-state index contributed by atoms with van der Waals surface area (Å²) in [6.07, 6.45) is -4.95. The number of benzene rings is 8. The van der Waals surface area contributed by atoms with Crippen LogP contribution in [0.1, 0.15) is 27.8 Å². The second-order valence-electron chi connectivity index (χ2n) is 16.4. The number of aromatic nitrogens is 3. The number of nitrogens with zero attached hydrogens (tertiary/aromatic N) is 7. The summed E-state index contributed by atoms with van der Waals surface area (Å²) in [4.78, 5) is 5.07. The van der Waals surface area contributed by atoms with Crippen LogP contribution in [0.5, 0.6) is 0 Å². The van der Waals surface area contributed by atoms with Gasteiger partial charge in [-0.2, -0.15) is 34.2 Å². The van der Waals surface area contributed by atoms with Gasteiger partial charge >= 0.3 is 6.18 Å². The van der Waals surface area contributed by atoms with E-state index in [2.05, 4.69) is 24.3 Å². The Kier molecular flexibility index (Phi) is 9.68. The second-order valence-corrected chi connectivity index (χ2v) is 16.4. The molecule has 0 saturated carbocycles. The third kappa shape index (κ3) is 6.86. The quantitative estimate of drug-likeness (QED) is 0.165. The number of rotatable bonds is 6. The minimum Gasteiger partial charge on any atom is -0.309 e. The van der Waals surface area contributed by atoms with E-state index in [1.54, 1.807) is 75.9 Å². The van der Waals surface area contributed by atoms with E-state index in [-0.39, 0.29) is 33.6 Å². The summed E-state index contributed by atoms with van der Waals surface area (Å²) in [5.41, 5.74) is 6.59. The minimum absolute atomic E-state index is 0.147. The van der Waals surface area contributed by atoms with Gasteiger partial charge in [0.1, 0.15) is 5.56 Å². The van der Waals surface area contributed by atoms with Gasteiger partial charge in [-0.05, 0) is 107 Å². The number of hydrogen-bond acceptors (Lipinski definition) is 5. The molecule has 0 atom stereocenters. The van der Waals surface area contributed by atoms with Crippen LogP contribution in [-0.4, -0.2) is 14.1 Å². The summed E-state index contributed by atoms with van der Waals surface area (Å²) in [6, 6.07) is 62.0. The fourth-order valence-corrected chi connectivity index (χ4v) is 9.43. The van der Waals surface area contributed by atoms with Gasteiger partial charge in [-0.15, -0.1) is 0 Å². The maximum absolute atomic E-state index is 16.8. The smallest absolute Gasteiger partial charge is 0.309 e. The molecule has 0 unspecified atom stereocenters. The molecule has 0 amide bonds. The molecular formula is C58H30F3N7. The van der Waals surface area contributed by atoms with E-state index in [4.69, 9.17) is 4.98 Å². The normalized spacial score (nSPS) is 11.4. The van der Waals surface area contributed by atoms with Crippen LogP contribution in [0.15, 0.2) is 182 Å². The number of fused-ring (bicyclic) bond motifs is 6. The number of halogens is 3. The van der Waals surface area contributed by atoms with Crippen LogP contribution in [-0.2, 0) is 6.18 Å². The maximum atomic E-state index is 16.8. The van der Waals surface area contributed by atoms with Gasteiger partial charge in [-0.3, -0.25) is 0 Å². The highest BCUT2D eigenvalue weighted by molar-refractivity contribution is 6.12. The molecule has 0 aliphatic rings. The van der Waals surface area contributed by atoms with Crippen molar-refractivity contribution in [1.82, 2.24) is 14.1 Å². The van der Waals surface area contributed by atoms with Gasteiger partial charge in [0.15, 0.2) is 0 Å². The predicted octanol–water partition coefficient (Wildman–Crippen LogP) is 14.4. The van der Waals surface area contributed by atoms with E-state index in [1.807, 2.05) is 103 Å². The number of nitriles is 4. The zero-order valence-corrected chi connectivity index (χ0v) is 35.6. The molecule has 0 spiro atoms. The first-order chi connectivity index (χ1) is 33.1. The van der Waals surface area contributed by atoms with Crippen molar-refractivity contribution >= 4 is 43.6 Å². The van der Waals surface area contributed by atoms with Crippen LogP contribution >= 0.6 is 0 Å². The molecule has 0 aliphatic heterocycles. The van der Waals surface area contributed by atoms with Gasteiger partial charge in [0.2, 0.25) is 0 Å². The Labute approximate surface area is 386 Å². The molecule has 11 rings (SSSR count). The van der Waals surface area contributed by atoms with Crippen molar-refractivity contribution in [2.24, 2.45) is 0 Å². The van der Waals surface area contributed by atoms with Crippen LogP contribution in [0.25, 0.3) is 99.8 Å². The first-order valence-corrected chi connectivity index (χ1v) is 21.4. The van der Waals surface area contributed by atoms with Crippen LogP contribution in [0.4, 0.5) is 13.2 Å². The summed E-state index contributed by atoms with van der Waals surface area (Å²) in [6.45, 7) is 0. The van der Waals surface area contributed by atoms with Crippen molar-refractivity contribution in [3.05, 3.63) is 210 Å². The van der Waals surface area contributed by atoms with Crippen molar-refractivity contribution in [1.29, 1.82) is 21.0 Å². The van der Waals surface area contributed by atoms with Crippen LogP contribution in [0, 0.1) is 45.3 Å². The van der Waals surface area contributed by atoms with Crippen molar-refractivity contribution in [3.63, 3.8) is 0 Å². The van der Waals surface area contributed by atoms with E-state index in [1.165, 1.54) is 12.1 Å². The standard InChI is InChI=1S/C58H30F3N7/c59-58(60,61)57-55(67-51-15-6-4-11-45(51)47-19-17-40(27-53(47)67)42-23-35(31-62)21-36(24-42)32-63)29-44(50-14-8-13-49(66-50)39-9-2-1-3-10-39)30-56(57)68-52-16-7-5-12-46(52)48-20-18-41(28-54(48)68)43-25-37(33-64)22-38(26-43)34-65/h1-30H. The number of alkyl halides is 3. The Hall–Kier alpha value is -9.74. The topological polar surface area (TPSA) is 118 Å². The highest BCUT2D eigenvalue weighted by Crippen LogP contribution is 2.47. The van der Waals surface area contributed by atoms with E-state index in [0.29, 0.717) is 72.0 Å². The van der Waals surface area contributed by atoms with E-state index in [9.17, 15) is 21.0 Å². The molecule has 0 bridgehead atoms. The fraction of sp³-hybridized carbons (Fsp3) is 0.0172. The largest absolute Gasteiger partial charge is 0.420 e. The van der Waals surface area contributed by atoms with Gasteiger partial charge < -0.3 is 9.13 Å². The Morgan fingerprint density at radius 2 is 0.765 bits per heavy atom. The minimum atomic E-state index is -4.95. The monoisotopic (exact) mass is 881 g/mol. The summed E-state index contributed by atoms with van der Waals surface area (Å²) >= 11 is 0. The van der Waals surface area contributed by atoms with Crippen molar-refractivity contribution in [3.8, 4) is 80.4 Å². The predicted molar refractivity (Wildman–Crippen MR) is 259 cm³/mol. The molecule has 0 saturated heterocycles. The van der Waals surface area contributed by atoms with Gasteiger partial charge in [0.05, 0.1) is 91.4 Å². The lowest BCUT2D eigenvalue weighted by atomic mass is 9.98. The van der Waals surface area contributed by atoms with Gasteiger partial charge in [-0.1, -0.05) is 97.1 Å². The number of hydrogen-bond donors (Lipinski definition) is 0. The average Bonchev–Trinajstić information content (AvgIpc) is 3.90. The molecule has 8 aromatic carbocycles. The SMILES string of the molecule is N#Cc1cc(C#N)cc(-c2ccc3c4ccccc4n(-c4cc(-c5cccc(-c6ccccc6)n5)cc(-n5c6ccccc6c6ccc(-c7cc(C#N)cc(C#N)c7)cc65)c4C(F)(F)F)c3c2)c1. The van der Waals surface area contributed by atoms with E-state index in [0.717, 1.165) is 16.3 Å². The van der Waals surface area contributed by atoms with Crippen molar-refractivity contribution in [2.75, 3.05) is 0 Å². The summed E-state index contributed by atoms with van der Waals surface area (Å²) in [5.74, 6) is 0. The molecule has 0 radical (unpaired) electrons. The van der Waals surface area contributed by atoms with Gasteiger partial charge in [0, 0.05) is 32.7 Å². The van der Waals surface area contributed by atoms with Crippen LogP contribution in [0.2, 0.25) is 0 Å². The lowest BCUT2D eigenvalue weighted by Gasteiger charge is -2.23. The number of para-hydroxylation sites is 2. The highest BCUT2D eigenvalue weighted by atomic mass is 19.4. The molecule has 10 heteroatoms. The molecule has 7 nitrogen and oxygen atoms in total. The third-order valence-corrected chi connectivity index (χ3v) is 12.4. The molecule has 3 heterocycles. The number of pyridine rings is 1. The van der Waals surface area contributed by atoms with Crippen molar-refractivity contribution < 1.29 is 13.2 Å². The maximum Gasteiger partial charge on any atom is 0.420 e. The first-order valence-electron chi connectivity index (χ1n) is 21.4. The second kappa shape index (κ2) is 16.1. The third-order valence-electron chi connectivity index (χ3n) is 12.4. The van der Waals surface area contributed by atoms with Crippen LogP contribution in [0.3, 0.4) is 0 Å². The fourth-order valence-electron chi connectivity index (χ4n) is 9.43. The Bertz CT molecular complexity index is 3800. The zero-order valence-electron chi connectivity index (χ0n) is 35.6. The molecule has 0 aliphatic carbocycles. The molecule has 68 heavy (non-hydrogen) atoms. The lowest BCUT2D eigenvalue weighted by Crippen LogP contribution is -2.16. The summed E-state index contributed by atoms with van der Waals surface area (Å²) < 4.78 is 53.6. The lowest BCUT2D eigenvalue weighted by molar-refractivity contribution is -0.137. The molecule has 3 aromatic heterocycles. The molecule has 318 valence electrons. The molecule has 0 N–H and O–H groups in total. The Morgan fingerprint density at radius 3 is 1.21 bits per heavy atom. The highest BCUT2D eigenvalue weighted by Gasteiger charge is 2.40. The molecule has 0 fully saturated rings. The zero-order chi connectivity index (χ0) is 46.7. The molecule has 11 aromatic rings. The van der Waals surface area contributed by atoms with E-state index < -0.39 is 11.7 Å².